The van der Waals surface area contributed by atoms with Crippen molar-refractivity contribution in [2.75, 3.05) is 11.4 Å². The highest BCUT2D eigenvalue weighted by atomic mass is 16.6. The predicted octanol–water partition coefficient (Wildman–Crippen LogP) is 3.85. The molecule has 2 aromatic carbocycles. The summed E-state index contributed by atoms with van der Waals surface area (Å²) in [5.74, 6) is -2.27. The van der Waals surface area contributed by atoms with E-state index in [0.29, 0.717) is 13.0 Å². The van der Waals surface area contributed by atoms with E-state index in [1.165, 1.54) is 29.2 Å². The zero-order chi connectivity index (χ0) is 24.1. The number of likely N-dealkylation sites (tertiary alicyclic amines) is 1. The summed E-state index contributed by atoms with van der Waals surface area (Å²) in [5, 5.41) is 11.1. The number of Topliss-reactive ketones (excluding diaryl/α,β-unsaturated/α-hetero) is 1. The van der Waals surface area contributed by atoms with Crippen LogP contribution in [0.3, 0.4) is 0 Å². The molecule has 3 heterocycles. The minimum Gasteiger partial charge on any atom is -0.352 e. The van der Waals surface area contributed by atoms with Gasteiger partial charge in [-0.1, -0.05) is 37.6 Å². The van der Waals surface area contributed by atoms with E-state index in [4.69, 9.17) is 0 Å². The van der Waals surface area contributed by atoms with Gasteiger partial charge in [0.1, 0.15) is 6.04 Å². The first-order valence-electron chi connectivity index (χ1n) is 11.5. The van der Waals surface area contributed by atoms with Gasteiger partial charge < -0.3 is 4.90 Å². The van der Waals surface area contributed by atoms with Crippen LogP contribution in [0.2, 0.25) is 0 Å². The lowest BCUT2D eigenvalue weighted by molar-refractivity contribution is -0.384. The van der Waals surface area contributed by atoms with Crippen LogP contribution in [0.5, 0.6) is 0 Å². The second-order valence-corrected chi connectivity index (χ2v) is 9.11. The second kappa shape index (κ2) is 8.20. The maximum atomic E-state index is 13.9. The van der Waals surface area contributed by atoms with Gasteiger partial charge in [0, 0.05) is 35.5 Å². The van der Waals surface area contributed by atoms with E-state index in [0.717, 1.165) is 23.2 Å². The van der Waals surface area contributed by atoms with Crippen molar-refractivity contribution in [2.24, 2.45) is 11.8 Å². The molecule has 0 saturated carbocycles. The number of fused-ring (bicyclic) bond motifs is 5. The number of nitrogens with zero attached hydrogens (tertiary/aromatic N) is 3. The number of ketones is 1. The van der Waals surface area contributed by atoms with E-state index >= 15 is 0 Å². The third kappa shape index (κ3) is 3.16. The molecule has 2 fully saturated rings. The molecular weight excluding hydrogens is 434 g/mol. The van der Waals surface area contributed by atoms with Crippen LogP contribution in [0.1, 0.15) is 42.6 Å². The first-order chi connectivity index (χ1) is 16.3. The van der Waals surface area contributed by atoms with Crippen LogP contribution in [0, 0.1) is 22.0 Å². The van der Waals surface area contributed by atoms with Gasteiger partial charge in [0.25, 0.3) is 5.69 Å². The maximum Gasteiger partial charge on any atom is 0.269 e. The summed E-state index contributed by atoms with van der Waals surface area (Å²) in [6.45, 7) is 4.33. The minimum absolute atomic E-state index is 0.113. The van der Waals surface area contributed by atoms with Gasteiger partial charge in [0.05, 0.1) is 22.8 Å². The molecule has 8 nitrogen and oxygen atoms in total. The summed E-state index contributed by atoms with van der Waals surface area (Å²) in [5.41, 5.74) is 2.96. The van der Waals surface area contributed by atoms with Gasteiger partial charge in [-0.25, -0.2) is 0 Å². The number of benzene rings is 2. The fraction of sp³-hybridized carbons (Fsp3) is 0.346. The summed E-state index contributed by atoms with van der Waals surface area (Å²) < 4.78 is 0. The van der Waals surface area contributed by atoms with E-state index in [1.807, 2.05) is 49.1 Å². The number of anilines is 1. The smallest absolute Gasteiger partial charge is 0.269 e. The number of nitro groups is 1. The van der Waals surface area contributed by atoms with Crippen molar-refractivity contribution in [2.45, 2.75) is 38.8 Å². The Labute approximate surface area is 197 Å². The van der Waals surface area contributed by atoms with Crippen molar-refractivity contribution >= 4 is 34.5 Å². The maximum absolute atomic E-state index is 13.9. The zero-order valence-electron chi connectivity index (χ0n) is 19.0. The Kier molecular flexibility index (Phi) is 5.31. The number of imide groups is 1. The van der Waals surface area contributed by atoms with Crippen molar-refractivity contribution in [3.05, 3.63) is 75.8 Å². The Hall–Kier alpha value is -3.81. The number of hydrogen-bond acceptors (Lipinski definition) is 6. The van der Waals surface area contributed by atoms with Gasteiger partial charge in [0.2, 0.25) is 11.8 Å². The Bertz CT molecular complexity index is 1240. The Balaban J connectivity index is 1.62. The molecule has 34 heavy (non-hydrogen) atoms. The van der Waals surface area contributed by atoms with Crippen LogP contribution in [-0.4, -0.2) is 46.0 Å². The van der Waals surface area contributed by atoms with E-state index < -0.39 is 28.8 Å². The first-order valence-corrected chi connectivity index (χ1v) is 11.5. The van der Waals surface area contributed by atoms with Crippen molar-refractivity contribution in [1.82, 2.24) is 4.90 Å². The lowest BCUT2D eigenvalue weighted by atomic mass is 9.85. The average Bonchev–Trinajstić information content (AvgIpc) is 3.30. The van der Waals surface area contributed by atoms with Crippen LogP contribution >= 0.6 is 0 Å². The first kappa shape index (κ1) is 22.0. The number of amides is 2. The molecule has 0 spiro atoms. The van der Waals surface area contributed by atoms with Crippen molar-refractivity contribution in [3.8, 4) is 0 Å². The molecule has 2 saturated heterocycles. The third-order valence-electron chi connectivity index (χ3n) is 7.21. The van der Waals surface area contributed by atoms with Crippen LogP contribution in [0.4, 0.5) is 11.4 Å². The van der Waals surface area contributed by atoms with Gasteiger partial charge >= 0.3 is 0 Å². The van der Waals surface area contributed by atoms with Crippen molar-refractivity contribution < 1.29 is 19.3 Å². The molecule has 0 radical (unpaired) electrons. The number of carbonyl (C=O) groups is 3. The monoisotopic (exact) mass is 459 g/mol. The number of nitro benzene ring substituents is 1. The van der Waals surface area contributed by atoms with Gasteiger partial charge in [-0.2, -0.15) is 0 Å². The molecule has 3 aliphatic rings. The molecule has 0 aliphatic carbocycles. The SMILES string of the molecule is CCCCN1C(=O)[C@@H]2[C@H](C1=O)[C@@H](C(=O)c1ccc([N+](=O)[O-])cc1)N1c3ccccc3C(C)=C[C@H]21. The topological polar surface area (TPSA) is 101 Å². The number of carbonyl (C=O) groups excluding carboxylic acids is 3. The summed E-state index contributed by atoms with van der Waals surface area (Å²) in [6, 6.07) is 11.8. The Morgan fingerprint density at radius 2 is 1.71 bits per heavy atom. The molecule has 4 atom stereocenters. The molecule has 0 N–H and O–H groups in total. The molecule has 2 amide bonds. The molecule has 5 rings (SSSR count). The standard InChI is InChI=1S/C26H25N3O5/c1-3-4-13-27-25(31)21-20-14-15(2)18-7-5-6-8-19(18)28(20)23(22(21)26(27)32)24(30)16-9-11-17(12-10-16)29(33)34/h5-12,14,20-23H,3-4,13H2,1-2H3/t20-,21+,22+,23+/m1/s1. The normalized spacial score (nSPS) is 25.1. The van der Waals surface area contributed by atoms with E-state index in [1.54, 1.807) is 0 Å². The molecule has 2 aromatic rings. The number of non-ortho nitro benzene ring substituents is 1. The summed E-state index contributed by atoms with van der Waals surface area (Å²) >= 11 is 0. The van der Waals surface area contributed by atoms with Crippen molar-refractivity contribution in [1.29, 1.82) is 0 Å². The number of hydrogen-bond donors (Lipinski definition) is 0. The third-order valence-corrected chi connectivity index (χ3v) is 7.21. The fourth-order valence-corrected chi connectivity index (χ4v) is 5.61. The molecule has 3 aliphatic heterocycles. The van der Waals surface area contributed by atoms with Gasteiger partial charge in [-0.3, -0.25) is 29.4 Å². The molecule has 0 aromatic heterocycles. The van der Waals surface area contributed by atoms with Gasteiger partial charge in [-0.15, -0.1) is 0 Å². The molecule has 0 bridgehead atoms. The van der Waals surface area contributed by atoms with Crippen LogP contribution in [0.25, 0.3) is 5.57 Å². The van der Waals surface area contributed by atoms with Crippen LogP contribution < -0.4 is 4.90 Å². The molecular formula is C26H25N3O5. The minimum atomic E-state index is -0.870. The number of unbranched alkanes of at least 4 members (excludes halogenated alkanes) is 1. The van der Waals surface area contributed by atoms with Crippen LogP contribution in [-0.2, 0) is 9.59 Å². The summed E-state index contributed by atoms with van der Waals surface area (Å²) in [6.07, 6.45) is 3.56. The lowest BCUT2D eigenvalue weighted by Gasteiger charge is -2.38. The highest BCUT2D eigenvalue weighted by Crippen LogP contribution is 2.50. The highest BCUT2D eigenvalue weighted by molar-refractivity contribution is 6.14. The largest absolute Gasteiger partial charge is 0.352 e. The van der Waals surface area contributed by atoms with Gasteiger partial charge in [0.15, 0.2) is 5.78 Å². The zero-order valence-corrected chi connectivity index (χ0v) is 19.0. The molecule has 0 unspecified atom stereocenters. The quantitative estimate of drug-likeness (QED) is 0.281. The van der Waals surface area contributed by atoms with Gasteiger partial charge in [-0.05, 0) is 37.1 Å². The summed E-state index contributed by atoms with van der Waals surface area (Å²) in [4.78, 5) is 54.7. The number of rotatable bonds is 6. The van der Waals surface area contributed by atoms with E-state index in [2.05, 4.69) is 0 Å². The lowest BCUT2D eigenvalue weighted by Crippen LogP contribution is -2.49. The van der Waals surface area contributed by atoms with E-state index in [9.17, 15) is 24.5 Å². The Morgan fingerprint density at radius 1 is 1.03 bits per heavy atom. The second-order valence-electron chi connectivity index (χ2n) is 9.11. The summed E-state index contributed by atoms with van der Waals surface area (Å²) in [7, 11) is 0. The predicted molar refractivity (Wildman–Crippen MR) is 126 cm³/mol. The number of allylic oxidation sites excluding steroid dienone is 1. The highest BCUT2D eigenvalue weighted by Gasteiger charge is 2.64. The fourth-order valence-electron chi connectivity index (χ4n) is 5.61. The Morgan fingerprint density at radius 3 is 2.38 bits per heavy atom. The van der Waals surface area contributed by atoms with E-state index in [-0.39, 0.29) is 28.8 Å². The van der Waals surface area contributed by atoms with Crippen molar-refractivity contribution in [3.63, 3.8) is 0 Å². The average molecular weight is 460 g/mol. The number of para-hydroxylation sites is 1. The molecule has 174 valence electrons. The van der Waals surface area contributed by atoms with Crippen LogP contribution in [0.15, 0.2) is 54.6 Å². The molecule has 8 heteroatoms.